The summed E-state index contributed by atoms with van der Waals surface area (Å²) in [5.41, 5.74) is -0.0794. The maximum atomic E-state index is 11.8. The number of hydrogen-bond donors (Lipinski definition) is 1. The molecular weight excluding hydrogens is 240 g/mol. The number of amides is 1. The summed E-state index contributed by atoms with van der Waals surface area (Å²) in [7, 11) is 0. The van der Waals surface area contributed by atoms with Crippen LogP contribution in [0.1, 0.15) is 20.7 Å². The molecule has 1 aromatic carbocycles. The van der Waals surface area contributed by atoms with Crippen molar-refractivity contribution in [2.24, 2.45) is 0 Å². The van der Waals surface area contributed by atoms with E-state index < -0.39 is 11.9 Å². The molecule has 0 aliphatic carbocycles. The van der Waals surface area contributed by atoms with Gasteiger partial charge in [-0.2, -0.15) is 0 Å². The van der Waals surface area contributed by atoms with Crippen LogP contribution in [0.2, 0.25) is 0 Å². The molecule has 0 saturated carbocycles. The lowest BCUT2D eigenvalue weighted by Gasteiger charge is -2.08. The van der Waals surface area contributed by atoms with Crippen LogP contribution in [0.5, 0.6) is 0 Å². The Labute approximate surface area is 101 Å². The Morgan fingerprint density at radius 1 is 1.24 bits per heavy atom. The summed E-state index contributed by atoms with van der Waals surface area (Å²) in [6.07, 6.45) is 1.55. The number of nitrogens with zero attached hydrogens (tertiary/aromatic N) is 1. The number of hydrogen-bond acceptors (Lipinski definition) is 5. The first-order valence-corrected chi connectivity index (χ1v) is 5.57. The van der Waals surface area contributed by atoms with Crippen molar-refractivity contribution in [3.63, 3.8) is 0 Å². The summed E-state index contributed by atoms with van der Waals surface area (Å²) in [4.78, 5) is 26.5. The molecule has 0 spiro atoms. The van der Waals surface area contributed by atoms with Crippen LogP contribution in [-0.4, -0.2) is 16.9 Å². The fourth-order valence-corrected chi connectivity index (χ4v) is 1.83. The topological polar surface area (TPSA) is 82.1 Å². The van der Waals surface area contributed by atoms with Crippen molar-refractivity contribution >= 4 is 28.3 Å². The molecule has 17 heavy (non-hydrogen) atoms. The SMILES string of the molecule is O=C([O-])c1ccccc1C(=O)Nc1nccs1. The van der Waals surface area contributed by atoms with Crippen molar-refractivity contribution in [1.82, 2.24) is 4.98 Å². The number of carboxylic acids is 1. The molecular formula is C11H7N2O3S-. The van der Waals surface area contributed by atoms with Gasteiger partial charge in [0, 0.05) is 22.7 Å². The van der Waals surface area contributed by atoms with Gasteiger partial charge in [0.1, 0.15) is 0 Å². The fourth-order valence-electron chi connectivity index (χ4n) is 1.31. The molecule has 0 atom stereocenters. The Kier molecular flexibility index (Phi) is 3.15. The summed E-state index contributed by atoms with van der Waals surface area (Å²) < 4.78 is 0. The molecule has 86 valence electrons. The first kappa shape index (κ1) is 11.3. The Morgan fingerprint density at radius 2 is 1.94 bits per heavy atom. The van der Waals surface area contributed by atoms with Gasteiger partial charge in [-0.15, -0.1) is 11.3 Å². The van der Waals surface area contributed by atoms with Gasteiger partial charge < -0.3 is 9.90 Å². The summed E-state index contributed by atoms with van der Waals surface area (Å²) in [6, 6.07) is 5.87. The maximum Gasteiger partial charge on any atom is 0.258 e. The number of benzene rings is 1. The Hall–Kier alpha value is -2.21. The molecule has 2 aromatic rings. The second-order valence-corrected chi connectivity index (χ2v) is 4.02. The maximum absolute atomic E-state index is 11.8. The standard InChI is InChI=1S/C11H8N2O3S/c14-9(13-11-12-5-6-17-11)7-3-1-2-4-8(7)10(15)16/h1-6H,(H,15,16)(H,12,13,14)/p-1. The molecule has 0 saturated heterocycles. The van der Waals surface area contributed by atoms with E-state index in [1.807, 2.05) is 0 Å². The van der Waals surface area contributed by atoms with Crippen molar-refractivity contribution in [3.8, 4) is 0 Å². The highest BCUT2D eigenvalue weighted by atomic mass is 32.1. The van der Waals surface area contributed by atoms with Crippen LogP contribution in [-0.2, 0) is 0 Å². The van der Waals surface area contributed by atoms with Crippen molar-refractivity contribution < 1.29 is 14.7 Å². The van der Waals surface area contributed by atoms with Gasteiger partial charge in [0.2, 0.25) is 0 Å². The summed E-state index contributed by atoms with van der Waals surface area (Å²) in [5, 5.41) is 15.5. The third kappa shape index (κ3) is 2.48. The van der Waals surface area contributed by atoms with Crippen LogP contribution >= 0.6 is 11.3 Å². The molecule has 1 N–H and O–H groups in total. The lowest BCUT2D eigenvalue weighted by atomic mass is 10.1. The smallest absolute Gasteiger partial charge is 0.258 e. The monoisotopic (exact) mass is 247 g/mol. The van der Waals surface area contributed by atoms with E-state index >= 15 is 0 Å². The second-order valence-electron chi connectivity index (χ2n) is 3.12. The molecule has 0 radical (unpaired) electrons. The molecule has 2 rings (SSSR count). The normalized spacial score (nSPS) is 9.88. The zero-order valence-electron chi connectivity index (χ0n) is 8.54. The predicted octanol–water partition coefficient (Wildman–Crippen LogP) is 0.759. The Morgan fingerprint density at radius 3 is 2.53 bits per heavy atom. The molecule has 0 fully saturated rings. The average molecular weight is 247 g/mol. The highest BCUT2D eigenvalue weighted by Crippen LogP contribution is 2.14. The first-order chi connectivity index (χ1) is 8.18. The lowest BCUT2D eigenvalue weighted by molar-refractivity contribution is -0.255. The minimum Gasteiger partial charge on any atom is -0.545 e. The number of aromatic carboxylic acids is 1. The average Bonchev–Trinajstić information content (AvgIpc) is 2.81. The molecule has 0 aliphatic heterocycles. The van der Waals surface area contributed by atoms with E-state index in [1.54, 1.807) is 17.6 Å². The van der Waals surface area contributed by atoms with Gasteiger partial charge in [0.25, 0.3) is 5.91 Å². The molecule has 5 nitrogen and oxygen atoms in total. The number of carbonyl (C=O) groups excluding carboxylic acids is 2. The third-order valence-corrected chi connectivity index (χ3v) is 2.73. The van der Waals surface area contributed by atoms with Crippen molar-refractivity contribution in [3.05, 3.63) is 47.0 Å². The van der Waals surface area contributed by atoms with Gasteiger partial charge in [0.15, 0.2) is 5.13 Å². The number of carboxylic acid groups (broad SMARTS) is 1. The zero-order chi connectivity index (χ0) is 12.3. The second kappa shape index (κ2) is 4.75. The molecule has 1 heterocycles. The lowest BCUT2D eigenvalue weighted by Crippen LogP contribution is -2.26. The van der Waals surface area contributed by atoms with E-state index in [0.29, 0.717) is 5.13 Å². The molecule has 1 aromatic heterocycles. The van der Waals surface area contributed by atoms with Crippen LogP contribution in [0.25, 0.3) is 0 Å². The molecule has 0 aliphatic rings. The number of rotatable bonds is 3. The van der Waals surface area contributed by atoms with Gasteiger partial charge in [-0.25, -0.2) is 4.98 Å². The van der Waals surface area contributed by atoms with Gasteiger partial charge in [-0.05, 0) is 6.07 Å². The number of anilines is 1. The van der Waals surface area contributed by atoms with Crippen LogP contribution in [0.4, 0.5) is 5.13 Å². The first-order valence-electron chi connectivity index (χ1n) is 4.69. The number of carbonyl (C=O) groups is 2. The van der Waals surface area contributed by atoms with Crippen molar-refractivity contribution in [1.29, 1.82) is 0 Å². The third-order valence-electron chi connectivity index (χ3n) is 2.04. The van der Waals surface area contributed by atoms with E-state index in [-0.39, 0.29) is 11.1 Å². The van der Waals surface area contributed by atoms with Crippen LogP contribution < -0.4 is 10.4 Å². The summed E-state index contributed by atoms with van der Waals surface area (Å²) in [5.74, 6) is -1.89. The van der Waals surface area contributed by atoms with Gasteiger partial charge in [-0.3, -0.25) is 10.1 Å². The van der Waals surface area contributed by atoms with E-state index in [4.69, 9.17) is 0 Å². The fraction of sp³-hybridized carbons (Fsp3) is 0. The molecule has 0 unspecified atom stereocenters. The highest BCUT2D eigenvalue weighted by molar-refractivity contribution is 7.13. The Bertz CT molecular complexity index is 552. The van der Waals surface area contributed by atoms with E-state index in [1.165, 1.54) is 29.5 Å². The van der Waals surface area contributed by atoms with Crippen LogP contribution in [0.3, 0.4) is 0 Å². The minimum atomic E-state index is -1.38. The molecule has 0 bridgehead atoms. The number of aromatic nitrogens is 1. The van der Waals surface area contributed by atoms with E-state index in [9.17, 15) is 14.7 Å². The minimum absolute atomic E-state index is 0.0581. The number of thiazole rings is 1. The van der Waals surface area contributed by atoms with Crippen LogP contribution in [0, 0.1) is 0 Å². The molecule has 1 amide bonds. The van der Waals surface area contributed by atoms with Crippen molar-refractivity contribution in [2.45, 2.75) is 0 Å². The highest BCUT2D eigenvalue weighted by Gasteiger charge is 2.12. The van der Waals surface area contributed by atoms with Gasteiger partial charge in [0.05, 0.1) is 5.97 Å². The van der Waals surface area contributed by atoms with Crippen LogP contribution in [0.15, 0.2) is 35.8 Å². The van der Waals surface area contributed by atoms with E-state index in [0.717, 1.165) is 0 Å². The van der Waals surface area contributed by atoms with Gasteiger partial charge in [-0.1, -0.05) is 18.2 Å². The zero-order valence-corrected chi connectivity index (χ0v) is 9.36. The quantitative estimate of drug-likeness (QED) is 0.868. The predicted molar refractivity (Wildman–Crippen MR) is 60.8 cm³/mol. The largest absolute Gasteiger partial charge is 0.545 e. The molecule has 6 heteroatoms. The number of nitrogens with one attached hydrogen (secondary N) is 1. The summed E-state index contributed by atoms with van der Waals surface area (Å²) >= 11 is 1.25. The Balaban J connectivity index is 2.28. The summed E-state index contributed by atoms with van der Waals surface area (Å²) in [6.45, 7) is 0. The van der Waals surface area contributed by atoms with Crippen molar-refractivity contribution in [2.75, 3.05) is 5.32 Å². The van der Waals surface area contributed by atoms with E-state index in [2.05, 4.69) is 10.3 Å². The van der Waals surface area contributed by atoms with Gasteiger partial charge >= 0.3 is 0 Å².